The summed E-state index contributed by atoms with van der Waals surface area (Å²) in [7, 11) is 1.33. The number of ether oxygens (including phenoxy) is 1. The van der Waals surface area contributed by atoms with Gasteiger partial charge in [0.25, 0.3) is 5.91 Å². The number of aromatic nitrogens is 1. The van der Waals surface area contributed by atoms with E-state index >= 15 is 0 Å². The van der Waals surface area contributed by atoms with Crippen LogP contribution in [0.3, 0.4) is 0 Å². The summed E-state index contributed by atoms with van der Waals surface area (Å²) in [4.78, 5) is 28.4. The molecule has 0 unspecified atom stereocenters. The molecular formula is C25H20N2O4. The molecule has 2 N–H and O–H groups in total. The molecule has 0 bridgehead atoms. The number of hydrogen-bond donors (Lipinski definition) is 2. The molecule has 0 fully saturated rings. The smallest absolute Gasteiger partial charge is 0.337 e. The molecule has 4 aromatic rings. The fourth-order valence-electron chi connectivity index (χ4n) is 3.34. The summed E-state index contributed by atoms with van der Waals surface area (Å²) in [5.74, 6) is -0.521. The van der Waals surface area contributed by atoms with Crippen molar-refractivity contribution in [3.8, 4) is 16.9 Å². The summed E-state index contributed by atoms with van der Waals surface area (Å²) in [5, 5.41) is 14.0. The number of phenols is 1. The van der Waals surface area contributed by atoms with Crippen molar-refractivity contribution in [3.63, 3.8) is 0 Å². The van der Waals surface area contributed by atoms with Gasteiger partial charge < -0.3 is 15.2 Å². The highest BCUT2D eigenvalue weighted by atomic mass is 16.5. The minimum absolute atomic E-state index is 0.0957. The quantitative estimate of drug-likeness (QED) is 0.477. The fourth-order valence-corrected chi connectivity index (χ4v) is 3.34. The molecule has 6 heteroatoms. The van der Waals surface area contributed by atoms with E-state index in [-0.39, 0.29) is 11.7 Å². The van der Waals surface area contributed by atoms with Gasteiger partial charge in [0.1, 0.15) is 11.3 Å². The molecule has 4 rings (SSSR count). The number of carbonyl (C=O) groups is 2. The summed E-state index contributed by atoms with van der Waals surface area (Å²) in [6.07, 6.45) is 1.63. The van der Waals surface area contributed by atoms with Gasteiger partial charge >= 0.3 is 5.97 Å². The molecule has 0 atom stereocenters. The number of nitrogens with one attached hydrogen (secondary N) is 1. The third kappa shape index (κ3) is 4.38. The van der Waals surface area contributed by atoms with Gasteiger partial charge in [-0.15, -0.1) is 0 Å². The van der Waals surface area contributed by atoms with Crippen LogP contribution in [0.4, 0.5) is 0 Å². The molecule has 0 aliphatic carbocycles. The molecule has 0 aliphatic heterocycles. The van der Waals surface area contributed by atoms with Crippen molar-refractivity contribution in [3.05, 3.63) is 95.7 Å². The Morgan fingerprint density at radius 1 is 0.935 bits per heavy atom. The van der Waals surface area contributed by atoms with Crippen LogP contribution >= 0.6 is 0 Å². The van der Waals surface area contributed by atoms with Crippen molar-refractivity contribution >= 4 is 22.8 Å². The lowest BCUT2D eigenvalue weighted by Crippen LogP contribution is -2.22. The largest absolute Gasteiger partial charge is 0.506 e. The van der Waals surface area contributed by atoms with E-state index in [4.69, 9.17) is 0 Å². The van der Waals surface area contributed by atoms with Crippen LogP contribution in [-0.2, 0) is 11.3 Å². The summed E-state index contributed by atoms with van der Waals surface area (Å²) in [6.45, 7) is 0.326. The lowest BCUT2D eigenvalue weighted by atomic mass is 10.0. The van der Waals surface area contributed by atoms with Crippen LogP contribution in [0.1, 0.15) is 26.3 Å². The third-order valence-electron chi connectivity index (χ3n) is 4.97. The first-order valence-electron chi connectivity index (χ1n) is 9.69. The Morgan fingerprint density at radius 3 is 2.52 bits per heavy atom. The minimum Gasteiger partial charge on any atom is -0.506 e. The Balaban J connectivity index is 1.50. The topological polar surface area (TPSA) is 88.5 Å². The van der Waals surface area contributed by atoms with Crippen LogP contribution in [0.2, 0.25) is 0 Å². The van der Waals surface area contributed by atoms with E-state index in [2.05, 4.69) is 15.0 Å². The van der Waals surface area contributed by atoms with Crippen molar-refractivity contribution in [2.45, 2.75) is 6.54 Å². The van der Waals surface area contributed by atoms with Crippen molar-refractivity contribution in [1.29, 1.82) is 0 Å². The fraction of sp³-hybridized carbons (Fsp3) is 0.0800. The molecule has 1 heterocycles. The van der Waals surface area contributed by atoms with E-state index in [0.29, 0.717) is 23.2 Å². The normalized spacial score (nSPS) is 10.6. The second kappa shape index (κ2) is 8.67. The maximum absolute atomic E-state index is 12.7. The summed E-state index contributed by atoms with van der Waals surface area (Å²) < 4.78 is 4.68. The first-order valence-corrected chi connectivity index (χ1v) is 9.69. The van der Waals surface area contributed by atoms with Crippen LogP contribution < -0.4 is 5.32 Å². The Kier molecular flexibility index (Phi) is 5.62. The lowest BCUT2D eigenvalue weighted by Gasteiger charge is -2.09. The van der Waals surface area contributed by atoms with E-state index < -0.39 is 5.97 Å². The Hall–Kier alpha value is -4.19. The second-order valence-electron chi connectivity index (χ2n) is 7.02. The molecule has 0 aliphatic rings. The standard InChI is InChI=1S/C25H20N2O4/c1-31-25(30)17-9-7-16(8-10-17)15-27-24(29)20-5-2-4-18(12-20)21-13-19-6-3-11-26-23(19)22(28)14-21/h2-14,28H,15H2,1H3,(H,27,29). The molecule has 0 spiro atoms. The molecule has 0 saturated heterocycles. The first-order chi connectivity index (χ1) is 15.0. The molecular weight excluding hydrogens is 392 g/mol. The Morgan fingerprint density at radius 2 is 1.74 bits per heavy atom. The number of fused-ring (bicyclic) bond motifs is 1. The summed E-state index contributed by atoms with van der Waals surface area (Å²) in [6, 6.07) is 21.4. The third-order valence-corrected chi connectivity index (χ3v) is 4.97. The van der Waals surface area contributed by atoms with Crippen molar-refractivity contribution in [1.82, 2.24) is 10.3 Å². The molecule has 1 aromatic heterocycles. The van der Waals surface area contributed by atoms with E-state index in [1.165, 1.54) is 7.11 Å². The number of aromatic hydroxyl groups is 1. The average Bonchev–Trinajstić information content (AvgIpc) is 2.82. The van der Waals surface area contributed by atoms with Crippen molar-refractivity contribution in [2.75, 3.05) is 7.11 Å². The SMILES string of the molecule is COC(=O)c1ccc(CNC(=O)c2cccc(-c3cc(O)c4ncccc4c3)c2)cc1. The van der Waals surface area contributed by atoms with Crippen molar-refractivity contribution < 1.29 is 19.4 Å². The van der Waals surface area contributed by atoms with E-state index in [1.54, 1.807) is 54.7 Å². The van der Waals surface area contributed by atoms with Gasteiger partial charge in [0, 0.05) is 23.7 Å². The number of rotatable bonds is 5. The molecule has 1 amide bonds. The highest BCUT2D eigenvalue weighted by molar-refractivity contribution is 5.96. The van der Waals surface area contributed by atoms with Gasteiger partial charge in [0.05, 0.1) is 12.7 Å². The van der Waals surface area contributed by atoms with Crippen LogP contribution in [0.15, 0.2) is 79.0 Å². The van der Waals surface area contributed by atoms with E-state index in [0.717, 1.165) is 22.1 Å². The minimum atomic E-state index is -0.400. The highest BCUT2D eigenvalue weighted by Gasteiger charge is 2.10. The molecule has 31 heavy (non-hydrogen) atoms. The second-order valence-corrected chi connectivity index (χ2v) is 7.02. The molecule has 154 valence electrons. The van der Waals surface area contributed by atoms with Crippen molar-refractivity contribution in [2.24, 2.45) is 0 Å². The number of benzene rings is 3. The zero-order chi connectivity index (χ0) is 21.8. The number of pyridine rings is 1. The molecule has 6 nitrogen and oxygen atoms in total. The Bertz CT molecular complexity index is 1270. The zero-order valence-corrected chi connectivity index (χ0v) is 16.8. The van der Waals surface area contributed by atoms with Gasteiger partial charge in [0.15, 0.2) is 0 Å². The number of hydrogen-bond acceptors (Lipinski definition) is 5. The maximum atomic E-state index is 12.7. The van der Waals surface area contributed by atoms with E-state index in [1.807, 2.05) is 24.3 Å². The predicted octanol–water partition coefficient (Wildman–Crippen LogP) is 4.32. The van der Waals surface area contributed by atoms with Gasteiger partial charge in [-0.1, -0.05) is 30.3 Å². The lowest BCUT2D eigenvalue weighted by molar-refractivity contribution is 0.0600. The van der Waals surface area contributed by atoms with Gasteiger partial charge in [-0.25, -0.2) is 4.79 Å². The van der Waals surface area contributed by atoms with Crippen LogP contribution in [0, 0.1) is 0 Å². The monoisotopic (exact) mass is 412 g/mol. The molecule has 0 saturated carbocycles. The number of phenolic OH excluding ortho intramolecular Hbond substituents is 1. The number of carbonyl (C=O) groups excluding carboxylic acids is 2. The zero-order valence-electron chi connectivity index (χ0n) is 16.8. The van der Waals surface area contributed by atoms with Gasteiger partial charge in [-0.05, 0) is 59.2 Å². The van der Waals surface area contributed by atoms with Crippen LogP contribution in [0.5, 0.6) is 5.75 Å². The van der Waals surface area contributed by atoms with Crippen LogP contribution in [-0.4, -0.2) is 29.1 Å². The number of esters is 1. The Labute approximate surface area is 179 Å². The molecule has 3 aromatic carbocycles. The van der Waals surface area contributed by atoms with Crippen LogP contribution in [0.25, 0.3) is 22.0 Å². The summed E-state index contributed by atoms with van der Waals surface area (Å²) in [5.41, 5.74) is 3.98. The maximum Gasteiger partial charge on any atom is 0.337 e. The van der Waals surface area contributed by atoms with Gasteiger partial charge in [0.2, 0.25) is 0 Å². The van der Waals surface area contributed by atoms with E-state index in [9.17, 15) is 14.7 Å². The predicted molar refractivity (Wildman–Crippen MR) is 118 cm³/mol. The number of methoxy groups -OCH3 is 1. The van der Waals surface area contributed by atoms with Gasteiger partial charge in [-0.3, -0.25) is 9.78 Å². The van der Waals surface area contributed by atoms with Gasteiger partial charge in [-0.2, -0.15) is 0 Å². The number of nitrogens with zero attached hydrogens (tertiary/aromatic N) is 1. The highest BCUT2D eigenvalue weighted by Crippen LogP contribution is 2.30. The summed E-state index contributed by atoms with van der Waals surface area (Å²) >= 11 is 0. The number of amides is 1. The average molecular weight is 412 g/mol. The first kappa shape index (κ1) is 20.1. The molecule has 0 radical (unpaired) electrons.